The van der Waals surface area contributed by atoms with Crippen molar-refractivity contribution in [2.24, 2.45) is 5.41 Å². The summed E-state index contributed by atoms with van der Waals surface area (Å²) in [6.07, 6.45) is 6.74. The number of nitrogens with zero attached hydrogens (tertiary/aromatic N) is 1. The van der Waals surface area contributed by atoms with Gasteiger partial charge in [-0.2, -0.15) is 4.98 Å². The number of fused-ring (bicyclic) bond motifs is 1. The van der Waals surface area contributed by atoms with Crippen LogP contribution in [0.25, 0.3) is 0 Å². The second kappa shape index (κ2) is 4.67. The first-order valence-corrected chi connectivity index (χ1v) is 6.84. The first-order chi connectivity index (χ1) is 8.81. The van der Waals surface area contributed by atoms with Crippen molar-refractivity contribution in [1.29, 1.82) is 0 Å². The minimum absolute atomic E-state index is 0.409. The first kappa shape index (κ1) is 11.6. The number of hydrogen-bond acceptors (Lipinski definition) is 4. The molecule has 4 nitrogen and oxygen atoms in total. The minimum Gasteiger partial charge on any atom is -0.481 e. The highest BCUT2D eigenvalue weighted by Crippen LogP contribution is 2.39. The Morgan fingerprint density at radius 1 is 1.11 bits per heavy atom. The highest BCUT2D eigenvalue weighted by atomic mass is 16.5. The summed E-state index contributed by atoms with van der Waals surface area (Å²) in [5, 5.41) is 7.06. The zero-order valence-corrected chi connectivity index (χ0v) is 11.0. The fraction of sp³-hybridized carbons (Fsp3) is 0.643. The molecule has 3 rings (SSSR count). The number of anilines is 2. The summed E-state index contributed by atoms with van der Waals surface area (Å²) in [6, 6.07) is 3.96. The Labute approximate surface area is 108 Å². The maximum absolute atomic E-state index is 5.18. The zero-order chi connectivity index (χ0) is 12.4. The normalized spacial score (nSPS) is 21.4. The van der Waals surface area contributed by atoms with Crippen LogP contribution in [0, 0.1) is 5.41 Å². The molecule has 1 aliphatic carbocycles. The lowest BCUT2D eigenvalue weighted by Crippen LogP contribution is -2.36. The largest absolute Gasteiger partial charge is 0.481 e. The highest BCUT2D eigenvalue weighted by molar-refractivity contribution is 5.66. The summed E-state index contributed by atoms with van der Waals surface area (Å²) in [5.41, 5.74) is 1.50. The number of hydrogen-bond donors (Lipinski definition) is 2. The van der Waals surface area contributed by atoms with Gasteiger partial charge in [0.15, 0.2) is 5.82 Å². The summed E-state index contributed by atoms with van der Waals surface area (Å²) < 4.78 is 5.18. The third-order valence-corrected chi connectivity index (χ3v) is 4.28. The van der Waals surface area contributed by atoms with Crippen molar-refractivity contribution in [3.63, 3.8) is 0 Å². The SMILES string of the molecule is COc1ccc2c(n1)NCC1(CCCCC1)CN2. The van der Waals surface area contributed by atoms with Crippen LogP contribution >= 0.6 is 0 Å². The fourth-order valence-corrected chi connectivity index (χ4v) is 3.10. The Morgan fingerprint density at radius 3 is 2.67 bits per heavy atom. The molecule has 1 fully saturated rings. The number of pyridine rings is 1. The molecule has 1 aromatic rings. The van der Waals surface area contributed by atoms with E-state index in [-0.39, 0.29) is 0 Å². The molecule has 4 heteroatoms. The van der Waals surface area contributed by atoms with Gasteiger partial charge < -0.3 is 15.4 Å². The van der Waals surface area contributed by atoms with E-state index in [2.05, 4.69) is 21.7 Å². The van der Waals surface area contributed by atoms with E-state index in [1.165, 1.54) is 32.1 Å². The Kier molecular flexibility index (Phi) is 3.02. The second-order valence-corrected chi connectivity index (χ2v) is 5.52. The summed E-state index contributed by atoms with van der Waals surface area (Å²) in [4.78, 5) is 4.47. The second-order valence-electron chi connectivity index (χ2n) is 5.52. The lowest BCUT2D eigenvalue weighted by molar-refractivity contribution is 0.224. The highest BCUT2D eigenvalue weighted by Gasteiger charge is 2.33. The van der Waals surface area contributed by atoms with Crippen LogP contribution in [0.4, 0.5) is 11.5 Å². The van der Waals surface area contributed by atoms with Gasteiger partial charge in [-0.3, -0.25) is 0 Å². The molecule has 1 aromatic heterocycles. The standard InChI is InChI=1S/C14H21N3O/c1-18-12-6-5-11-13(17-12)16-10-14(9-15-11)7-3-2-4-8-14/h5-6,15H,2-4,7-10H2,1H3,(H,16,17). The van der Waals surface area contributed by atoms with Gasteiger partial charge >= 0.3 is 0 Å². The number of ether oxygens (including phenoxy) is 1. The molecular weight excluding hydrogens is 226 g/mol. The number of rotatable bonds is 1. The van der Waals surface area contributed by atoms with Crippen molar-refractivity contribution in [1.82, 2.24) is 4.98 Å². The molecule has 0 bridgehead atoms. The van der Waals surface area contributed by atoms with Gasteiger partial charge in [0.25, 0.3) is 0 Å². The van der Waals surface area contributed by atoms with Crippen molar-refractivity contribution < 1.29 is 4.74 Å². The Morgan fingerprint density at radius 2 is 1.89 bits per heavy atom. The molecule has 18 heavy (non-hydrogen) atoms. The van der Waals surface area contributed by atoms with Gasteiger partial charge in [0, 0.05) is 24.6 Å². The predicted octanol–water partition coefficient (Wildman–Crippen LogP) is 2.88. The topological polar surface area (TPSA) is 46.2 Å². The van der Waals surface area contributed by atoms with Crippen LogP contribution in [0.3, 0.4) is 0 Å². The fourth-order valence-electron chi connectivity index (χ4n) is 3.10. The molecule has 1 aliphatic heterocycles. The third kappa shape index (κ3) is 2.11. The number of aromatic nitrogens is 1. The number of methoxy groups -OCH3 is 1. The molecule has 0 aromatic carbocycles. The van der Waals surface area contributed by atoms with E-state index < -0.39 is 0 Å². The molecule has 0 atom stereocenters. The maximum Gasteiger partial charge on any atom is 0.215 e. The van der Waals surface area contributed by atoms with Gasteiger partial charge in [-0.1, -0.05) is 19.3 Å². The van der Waals surface area contributed by atoms with E-state index in [1.807, 2.05) is 6.07 Å². The van der Waals surface area contributed by atoms with Gasteiger partial charge in [-0.15, -0.1) is 0 Å². The first-order valence-electron chi connectivity index (χ1n) is 6.84. The molecule has 0 unspecified atom stereocenters. The monoisotopic (exact) mass is 247 g/mol. The van der Waals surface area contributed by atoms with Gasteiger partial charge in [0.05, 0.1) is 12.8 Å². The lowest BCUT2D eigenvalue weighted by atomic mass is 9.74. The van der Waals surface area contributed by atoms with Gasteiger partial charge in [0.1, 0.15) is 0 Å². The van der Waals surface area contributed by atoms with E-state index >= 15 is 0 Å². The van der Waals surface area contributed by atoms with Crippen molar-refractivity contribution >= 4 is 11.5 Å². The summed E-state index contributed by atoms with van der Waals surface area (Å²) in [6.45, 7) is 2.08. The molecule has 2 aliphatic rings. The van der Waals surface area contributed by atoms with Crippen molar-refractivity contribution in [2.75, 3.05) is 30.8 Å². The molecule has 0 radical (unpaired) electrons. The average molecular weight is 247 g/mol. The Balaban J connectivity index is 1.81. The molecule has 1 saturated carbocycles. The van der Waals surface area contributed by atoms with Gasteiger partial charge in [-0.25, -0.2) is 0 Å². The van der Waals surface area contributed by atoms with Crippen molar-refractivity contribution in [3.05, 3.63) is 12.1 Å². The van der Waals surface area contributed by atoms with Crippen LogP contribution in [-0.4, -0.2) is 25.2 Å². The third-order valence-electron chi connectivity index (χ3n) is 4.28. The van der Waals surface area contributed by atoms with Crippen LogP contribution in [0.5, 0.6) is 5.88 Å². The smallest absolute Gasteiger partial charge is 0.215 e. The van der Waals surface area contributed by atoms with Crippen molar-refractivity contribution in [3.8, 4) is 5.88 Å². The molecule has 2 heterocycles. The number of nitrogens with one attached hydrogen (secondary N) is 2. The van der Waals surface area contributed by atoms with E-state index in [9.17, 15) is 0 Å². The van der Waals surface area contributed by atoms with Crippen molar-refractivity contribution in [2.45, 2.75) is 32.1 Å². The lowest BCUT2D eigenvalue weighted by Gasteiger charge is -2.36. The van der Waals surface area contributed by atoms with E-state index in [0.717, 1.165) is 24.6 Å². The van der Waals surface area contributed by atoms with Crippen LogP contribution in [0.15, 0.2) is 12.1 Å². The summed E-state index contributed by atoms with van der Waals surface area (Å²) >= 11 is 0. The quantitative estimate of drug-likeness (QED) is 0.801. The van der Waals surface area contributed by atoms with Gasteiger partial charge in [-0.05, 0) is 18.9 Å². The molecule has 98 valence electrons. The van der Waals surface area contributed by atoms with E-state index in [4.69, 9.17) is 4.74 Å². The summed E-state index contributed by atoms with van der Waals surface area (Å²) in [7, 11) is 1.65. The van der Waals surface area contributed by atoms with Crippen LogP contribution in [0.2, 0.25) is 0 Å². The Bertz CT molecular complexity index is 427. The summed E-state index contributed by atoms with van der Waals surface area (Å²) in [5.74, 6) is 1.60. The molecule has 1 spiro atoms. The predicted molar refractivity (Wildman–Crippen MR) is 73.3 cm³/mol. The molecular formula is C14H21N3O. The average Bonchev–Trinajstić information content (AvgIpc) is 2.60. The van der Waals surface area contributed by atoms with Crippen LogP contribution in [-0.2, 0) is 0 Å². The molecule has 0 saturated heterocycles. The minimum atomic E-state index is 0.409. The molecule has 2 N–H and O–H groups in total. The zero-order valence-electron chi connectivity index (χ0n) is 11.0. The van der Waals surface area contributed by atoms with Crippen LogP contribution in [0.1, 0.15) is 32.1 Å². The van der Waals surface area contributed by atoms with E-state index in [0.29, 0.717) is 11.3 Å². The Hall–Kier alpha value is -1.45. The maximum atomic E-state index is 5.18. The molecule has 0 amide bonds. The van der Waals surface area contributed by atoms with E-state index in [1.54, 1.807) is 7.11 Å². The van der Waals surface area contributed by atoms with Crippen LogP contribution < -0.4 is 15.4 Å². The van der Waals surface area contributed by atoms with Gasteiger partial charge in [0.2, 0.25) is 5.88 Å².